The lowest BCUT2D eigenvalue weighted by atomic mass is 10.2. The van der Waals surface area contributed by atoms with Crippen molar-refractivity contribution in [3.05, 3.63) is 7.05 Å². The van der Waals surface area contributed by atoms with Gasteiger partial charge in [0.2, 0.25) is 0 Å². The van der Waals surface area contributed by atoms with Crippen molar-refractivity contribution in [2.24, 2.45) is 0 Å². The summed E-state index contributed by atoms with van der Waals surface area (Å²) in [6.45, 7) is 7.48. The van der Waals surface area contributed by atoms with Gasteiger partial charge in [0.15, 0.2) is 0 Å². The van der Waals surface area contributed by atoms with Crippen LogP contribution in [0.3, 0.4) is 0 Å². The van der Waals surface area contributed by atoms with Gasteiger partial charge in [-0.05, 0) is 13.3 Å². The van der Waals surface area contributed by atoms with Crippen molar-refractivity contribution in [1.29, 1.82) is 0 Å². The zero-order valence-corrected chi connectivity index (χ0v) is 6.65. The fraction of sp³-hybridized carbons (Fsp3) is 0.857. The molecular formula is C7H17N2. The number of rotatable bonds is 4. The smallest absolute Gasteiger partial charge is 0.0242 e. The molecule has 0 aliphatic rings. The molecule has 0 bridgehead atoms. The maximum atomic E-state index is 3.60. The second-order valence-electron chi connectivity index (χ2n) is 2.20. The lowest BCUT2D eigenvalue weighted by Crippen LogP contribution is -2.40. The van der Waals surface area contributed by atoms with Gasteiger partial charge >= 0.3 is 0 Å². The van der Waals surface area contributed by atoms with E-state index in [1.54, 1.807) is 0 Å². The van der Waals surface area contributed by atoms with Crippen molar-refractivity contribution in [3.8, 4) is 0 Å². The fourth-order valence-electron chi connectivity index (χ4n) is 0.800. The average molecular weight is 129 g/mol. The molecule has 2 nitrogen and oxygen atoms in total. The zero-order chi connectivity index (χ0) is 7.28. The van der Waals surface area contributed by atoms with Crippen LogP contribution in [0.5, 0.6) is 0 Å². The van der Waals surface area contributed by atoms with Crippen LogP contribution in [0, 0.1) is 7.05 Å². The molecule has 0 aliphatic carbocycles. The van der Waals surface area contributed by atoms with E-state index >= 15 is 0 Å². The molecule has 0 aromatic carbocycles. The van der Waals surface area contributed by atoms with Gasteiger partial charge in [0.05, 0.1) is 0 Å². The highest BCUT2D eigenvalue weighted by Crippen LogP contribution is 1.97. The van der Waals surface area contributed by atoms with E-state index in [2.05, 4.69) is 38.3 Å². The van der Waals surface area contributed by atoms with Crippen molar-refractivity contribution >= 4 is 0 Å². The molecule has 0 fully saturated rings. The minimum atomic E-state index is 0.590. The van der Waals surface area contributed by atoms with E-state index in [-0.39, 0.29) is 0 Å². The molecule has 0 aliphatic heterocycles. The van der Waals surface area contributed by atoms with Crippen LogP contribution in [0.15, 0.2) is 0 Å². The Labute approximate surface area is 58.2 Å². The number of hydrogen-bond donors (Lipinski definition) is 1. The van der Waals surface area contributed by atoms with E-state index in [1.165, 1.54) is 0 Å². The predicted molar refractivity (Wildman–Crippen MR) is 40.6 cm³/mol. The summed E-state index contributed by atoms with van der Waals surface area (Å²) in [6.07, 6.45) is 1.16. The second kappa shape index (κ2) is 4.77. The van der Waals surface area contributed by atoms with Crippen LogP contribution in [0.4, 0.5) is 0 Å². The van der Waals surface area contributed by atoms with Crippen LogP contribution in [0.2, 0.25) is 0 Å². The third kappa shape index (κ3) is 2.82. The van der Waals surface area contributed by atoms with E-state index in [0.29, 0.717) is 6.04 Å². The molecule has 1 radical (unpaired) electrons. The largest absolute Gasteiger partial charge is 0.254 e. The van der Waals surface area contributed by atoms with Crippen LogP contribution in [0.25, 0.3) is 0 Å². The normalized spacial score (nSPS) is 14.3. The molecule has 0 heterocycles. The monoisotopic (exact) mass is 129 g/mol. The Morgan fingerprint density at radius 3 is 2.22 bits per heavy atom. The predicted octanol–water partition coefficient (Wildman–Crippen LogP) is 1.40. The van der Waals surface area contributed by atoms with Crippen LogP contribution in [0.1, 0.15) is 27.2 Å². The highest BCUT2D eigenvalue weighted by molar-refractivity contribution is 4.58. The first-order chi connectivity index (χ1) is 4.26. The summed E-state index contributed by atoms with van der Waals surface area (Å²) in [5.41, 5.74) is 2.89. The van der Waals surface area contributed by atoms with Crippen LogP contribution >= 0.6 is 0 Å². The third-order valence-electron chi connectivity index (χ3n) is 1.67. The van der Waals surface area contributed by atoms with Crippen molar-refractivity contribution in [1.82, 2.24) is 10.4 Å². The summed E-state index contributed by atoms with van der Waals surface area (Å²) in [6, 6.07) is 0.590. The maximum absolute atomic E-state index is 3.60. The Kier molecular flexibility index (Phi) is 4.72. The molecule has 2 heteroatoms. The van der Waals surface area contributed by atoms with Gasteiger partial charge in [-0.3, -0.25) is 5.43 Å². The molecule has 0 rings (SSSR count). The quantitative estimate of drug-likeness (QED) is 0.577. The first-order valence-corrected chi connectivity index (χ1v) is 3.55. The number of hydrazine groups is 1. The highest BCUT2D eigenvalue weighted by atomic mass is 15.5. The summed E-state index contributed by atoms with van der Waals surface area (Å²) >= 11 is 0. The Morgan fingerprint density at radius 1 is 1.56 bits per heavy atom. The fourth-order valence-corrected chi connectivity index (χ4v) is 0.800. The second-order valence-corrected chi connectivity index (χ2v) is 2.20. The average Bonchev–Trinajstić information content (AvgIpc) is 1.90. The molecule has 0 aromatic rings. The van der Waals surface area contributed by atoms with Crippen LogP contribution < -0.4 is 5.43 Å². The molecular weight excluding hydrogens is 112 g/mol. The van der Waals surface area contributed by atoms with Gasteiger partial charge in [0.1, 0.15) is 0 Å². The van der Waals surface area contributed by atoms with Gasteiger partial charge in [0, 0.05) is 19.6 Å². The summed E-state index contributed by atoms with van der Waals surface area (Å²) in [5, 5.41) is 2.11. The van der Waals surface area contributed by atoms with E-state index < -0.39 is 0 Å². The van der Waals surface area contributed by atoms with E-state index in [0.717, 1.165) is 13.0 Å². The van der Waals surface area contributed by atoms with Crippen LogP contribution in [-0.2, 0) is 0 Å². The highest BCUT2D eigenvalue weighted by Gasteiger charge is 2.05. The van der Waals surface area contributed by atoms with Crippen molar-refractivity contribution in [3.63, 3.8) is 0 Å². The molecule has 0 spiro atoms. The van der Waals surface area contributed by atoms with Crippen molar-refractivity contribution in [2.45, 2.75) is 33.2 Å². The Hall–Kier alpha value is -0.0800. The Bertz CT molecular complexity index is 59.9. The SMILES string of the molecule is [CH2]NN(CC)C(C)CC. The first-order valence-electron chi connectivity index (χ1n) is 3.55. The van der Waals surface area contributed by atoms with Gasteiger partial charge in [-0.15, -0.1) is 0 Å². The van der Waals surface area contributed by atoms with Gasteiger partial charge in [-0.1, -0.05) is 13.8 Å². The van der Waals surface area contributed by atoms with Gasteiger partial charge in [0.25, 0.3) is 0 Å². The summed E-state index contributed by atoms with van der Waals surface area (Å²) in [5.74, 6) is 0. The van der Waals surface area contributed by atoms with E-state index in [9.17, 15) is 0 Å². The zero-order valence-electron chi connectivity index (χ0n) is 6.65. The standard InChI is InChI=1S/C7H17N2/c1-5-7(3)9(6-2)8-4/h7-8H,4-6H2,1-3H3. The molecule has 9 heavy (non-hydrogen) atoms. The number of nitrogens with zero attached hydrogens (tertiary/aromatic N) is 1. The summed E-state index contributed by atoms with van der Waals surface area (Å²) < 4.78 is 0. The first kappa shape index (κ1) is 8.92. The number of nitrogens with one attached hydrogen (secondary N) is 1. The van der Waals surface area contributed by atoms with Gasteiger partial charge in [-0.25, -0.2) is 5.01 Å². The van der Waals surface area contributed by atoms with Gasteiger partial charge < -0.3 is 0 Å². The number of hydrogen-bond acceptors (Lipinski definition) is 2. The van der Waals surface area contributed by atoms with Crippen molar-refractivity contribution in [2.75, 3.05) is 6.54 Å². The van der Waals surface area contributed by atoms with E-state index in [1.807, 2.05) is 0 Å². The topological polar surface area (TPSA) is 15.3 Å². The Morgan fingerprint density at radius 2 is 2.11 bits per heavy atom. The molecule has 0 amide bonds. The van der Waals surface area contributed by atoms with E-state index in [4.69, 9.17) is 0 Å². The van der Waals surface area contributed by atoms with Gasteiger partial charge in [-0.2, -0.15) is 0 Å². The van der Waals surface area contributed by atoms with Crippen molar-refractivity contribution < 1.29 is 0 Å². The lowest BCUT2D eigenvalue weighted by Gasteiger charge is -2.25. The molecule has 1 N–H and O–H groups in total. The molecule has 0 saturated heterocycles. The third-order valence-corrected chi connectivity index (χ3v) is 1.67. The Balaban J connectivity index is 3.50. The summed E-state index contributed by atoms with van der Waals surface area (Å²) in [7, 11) is 3.60. The summed E-state index contributed by atoms with van der Waals surface area (Å²) in [4.78, 5) is 0. The molecule has 1 unspecified atom stereocenters. The minimum Gasteiger partial charge on any atom is -0.254 e. The molecule has 0 saturated carbocycles. The molecule has 55 valence electrons. The molecule has 1 atom stereocenters. The minimum absolute atomic E-state index is 0.590. The molecule has 0 aromatic heterocycles. The van der Waals surface area contributed by atoms with Crippen LogP contribution in [-0.4, -0.2) is 17.6 Å². The maximum Gasteiger partial charge on any atom is 0.0242 e. The lowest BCUT2D eigenvalue weighted by molar-refractivity contribution is 0.165.